The predicted octanol–water partition coefficient (Wildman–Crippen LogP) is 0.788. The van der Waals surface area contributed by atoms with Gasteiger partial charge in [0, 0.05) is 65.3 Å². The molecule has 4 rings (SSSR count). The van der Waals surface area contributed by atoms with Gasteiger partial charge in [0.1, 0.15) is 11.6 Å². The lowest BCUT2D eigenvalue weighted by Gasteiger charge is -2.39. The lowest BCUT2D eigenvalue weighted by atomic mass is 9.95. The average Bonchev–Trinajstić information content (AvgIpc) is 2.80. The van der Waals surface area contributed by atoms with Crippen molar-refractivity contribution in [2.24, 2.45) is 20.0 Å². The van der Waals surface area contributed by atoms with Gasteiger partial charge in [-0.05, 0) is 25.0 Å². The lowest BCUT2D eigenvalue weighted by molar-refractivity contribution is -0.136. The molecule has 2 aliphatic rings. The molecule has 0 atom stereocenters. The minimum Gasteiger partial charge on any atom is -0.366 e. The smallest absolute Gasteiger partial charge is 0.332 e. The number of aromatic nitrogens is 2. The van der Waals surface area contributed by atoms with Crippen molar-refractivity contribution < 1.29 is 9.18 Å². The van der Waals surface area contributed by atoms with E-state index in [0.717, 1.165) is 4.57 Å². The molecular formula is C22H28FN5O3. The summed E-state index contributed by atoms with van der Waals surface area (Å²) in [5.41, 5.74) is -0.0972. The van der Waals surface area contributed by atoms with Gasteiger partial charge in [-0.15, -0.1) is 0 Å². The van der Waals surface area contributed by atoms with E-state index in [2.05, 4.69) is 0 Å². The van der Waals surface area contributed by atoms with Crippen LogP contribution in [-0.4, -0.2) is 59.2 Å². The van der Waals surface area contributed by atoms with Crippen LogP contribution in [0.3, 0.4) is 0 Å². The first-order valence-corrected chi connectivity index (χ1v) is 10.7. The van der Waals surface area contributed by atoms with Gasteiger partial charge in [-0.2, -0.15) is 0 Å². The highest BCUT2D eigenvalue weighted by Crippen LogP contribution is 2.25. The lowest BCUT2D eigenvalue weighted by Crippen LogP contribution is -2.52. The van der Waals surface area contributed by atoms with Gasteiger partial charge in [0.2, 0.25) is 5.91 Å². The molecule has 0 aliphatic carbocycles. The van der Waals surface area contributed by atoms with E-state index in [1.807, 2.05) is 20.8 Å². The fraction of sp³-hybridized carbons (Fsp3) is 0.500. The van der Waals surface area contributed by atoms with E-state index in [0.29, 0.717) is 63.6 Å². The fourth-order valence-electron chi connectivity index (χ4n) is 4.51. The Balaban J connectivity index is 1.35. The normalized spacial score (nSPS) is 17.8. The van der Waals surface area contributed by atoms with Crippen LogP contribution in [0, 0.1) is 11.7 Å². The molecule has 9 heteroatoms. The summed E-state index contributed by atoms with van der Waals surface area (Å²) >= 11 is 0. The molecule has 0 N–H and O–H groups in total. The first-order valence-electron chi connectivity index (χ1n) is 10.7. The number of amides is 1. The van der Waals surface area contributed by atoms with Crippen molar-refractivity contribution in [2.45, 2.75) is 12.8 Å². The molecule has 2 saturated heterocycles. The number of hydrogen-bond acceptors (Lipinski definition) is 5. The van der Waals surface area contributed by atoms with E-state index in [1.54, 1.807) is 19.2 Å². The van der Waals surface area contributed by atoms with Gasteiger partial charge in [-0.3, -0.25) is 18.7 Å². The molecule has 3 heterocycles. The third-order valence-electron chi connectivity index (χ3n) is 6.45. The van der Waals surface area contributed by atoms with Gasteiger partial charge in [0.05, 0.1) is 5.69 Å². The molecule has 0 spiro atoms. The summed E-state index contributed by atoms with van der Waals surface area (Å²) in [4.78, 5) is 43.1. The average molecular weight is 429 g/mol. The van der Waals surface area contributed by atoms with Gasteiger partial charge in [0.15, 0.2) is 0 Å². The minimum atomic E-state index is -0.353. The van der Waals surface area contributed by atoms with Crippen molar-refractivity contribution in [1.82, 2.24) is 14.0 Å². The predicted molar refractivity (Wildman–Crippen MR) is 117 cm³/mol. The molecule has 0 bridgehead atoms. The maximum Gasteiger partial charge on any atom is 0.332 e. The van der Waals surface area contributed by atoms with Crippen LogP contribution in [0.4, 0.5) is 15.9 Å². The largest absolute Gasteiger partial charge is 0.366 e. The van der Waals surface area contributed by atoms with E-state index in [4.69, 9.17) is 0 Å². The van der Waals surface area contributed by atoms with Crippen LogP contribution in [0.15, 0.2) is 39.9 Å². The first kappa shape index (κ1) is 21.1. The number of piperidine rings is 1. The Hall–Kier alpha value is -3.10. The Bertz CT molecular complexity index is 1080. The molecule has 1 aromatic heterocycles. The summed E-state index contributed by atoms with van der Waals surface area (Å²) in [6.07, 6.45) is 1.35. The molecule has 0 unspecified atom stereocenters. The van der Waals surface area contributed by atoms with Crippen molar-refractivity contribution >= 4 is 17.4 Å². The van der Waals surface area contributed by atoms with Gasteiger partial charge in [-0.25, -0.2) is 9.18 Å². The van der Waals surface area contributed by atoms with Crippen LogP contribution in [0.2, 0.25) is 0 Å². The number of hydrogen-bond donors (Lipinski definition) is 0. The quantitative estimate of drug-likeness (QED) is 0.722. The Morgan fingerprint density at radius 1 is 0.903 bits per heavy atom. The number of para-hydroxylation sites is 1. The second-order valence-electron chi connectivity index (χ2n) is 8.27. The Morgan fingerprint density at radius 3 is 2.19 bits per heavy atom. The third kappa shape index (κ3) is 4.08. The van der Waals surface area contributed by atoms with Crippen molar-refractivity contribution in [3.05, 3.63) is 57.0 Å². The van der Waals surface area contributed by atoms with Crippen molar-refractivity contribution in [3.8, 4) is 0 Å². The monoisotopic (exact) mass is 429 g/mol. The van der Waals surface area contributed by atoms with E-state index in [-0.39, 0.29) is 28.9 Å². The number of anilines is 2. The maximum atomic E-state index is 14.0. The van der Waals surface area contributed by atoms with Crippen LogP contribution in [0.1, 0.15) is 12.8 Å². The van der Waals surface area contributed by atoms with Crippen LogP contribution < -0.4 is 21.0 Å². The summed E-state index contributed by atoms with van der Waals surface area (Å²) < 4.78 is 16.6. The summed E-state index contributed by atoms with van der Waals surface area (Å²) in [6, 6.07) is 8.20. The van der Waals surface area contributed by atoms with Crippen LogP contribution in [0.5, 0.6) is 0 Å². The van der Waals surface area contributed by atoms with E-state index < -0.39 is 0 Å². The third-order valence-corrected chi connectivity index (χ3v) is 6.45. The number of piperazine rings is 1. The van der Waals surface area contributed by atoms with Gasteiger partial charge < -0.3 is 14.7 Å². The van der Waals surface area contributed by atoms with Gasteiger partial charge in [0.25, 0.3) is 5.56 Å². The maximum absolute atomic E-state index is 14.0. The number of carbonyl (C=O) groups excluding carboxylic acids is 1. The Labute approximate surface area is 180 Å². The molecule has 31 heavy (non-hydrogen) atoms. The molecule has 1 amide bonds. The summed E-state index contributed by atoms with van der Waals surface area (Å²) in [6.45, 7) is 3.62. The highest BCUT2D eigenvalue weighted by atomic mass is 19.1. The molecular weight excluding hydrogens is 401 g/mol. The van der Waals surface area contributed by atoms with E-state index in [1.165, 1.54) is 23.7 Å². The molecule has 166 valence electrons. The zero-order valence-electron chi connectivity index (χ0n) is 18.0. The van der Waals surface area contributed by atoms with Crippen molar-refractivity contribution in [1.29, 1.82) is 0 Å². The Kier molecular flexibility index (Phi) is 5.84. The second kappa shape index (κ2) is 8.56. The minimum absolute atomic E-state index is 0.0696. The zero-order chi connectivity index (χ0) is 22.1. The van der Waals surface area contributed by atoms with Gasteiger partial charge in [-0.1, -0.05) is 12.1 Å². The van der Waals surface area contributed by atoms with Gasteiger partial charge >= 0.3 is 5.69 Å². The standard InChI is InChI=1S/C22H28FN5O3/c1-24-19(15-20(29)25(2)22(24)31)27-9-7-16(8-10-27)21(30)28-13-11-26(12-14-28)18-6-4-3-5-17(18)23/h3-6,15-16H,7-14H2,1-2H3. The number of benzene rings is 1. The number of nitrogens with zero attached hydrogens (tertiary/aromatic N) is 5. The first-order chi connectivity index (χ1) is 14.9. The second-order valence-corrected chi connectivity index (χ2v) is 8.27. The molecule has 0 radical (unpaired) electrons. The summed E-state index contributed by atoms with van der Waals surface area (Å²) in [5, 5.41) is 0. The topological polar surface area (TPSA) is 70.8 Å². The van der Waals surface area contributed by atoms with Crippen LogP contribution in [0.25, 0.3) is 0 Å². The highest BCUT2D eigenvalue weighted by Gasteiger charge is 2.31. The molecule has 8 nitrogen and oxygen atoms in total. The molecule has 1 aromatic carbocycles. The highest BCUT2D eigenvalue weighted by molar-refractivity contribution is 5.79. The Morgan fingerprint density at radius 2 is 1.55 bits per heavy atom. The van der Waals surface area contributed by atoms with E-state index >= 15 is 0 Å². The molecule has 0 saturated carbocycles. The van der Waals surface area contributed by atoms with Crippen LogP contribution in [-0.2, 0) is 18.9 Å². The number of halogens is 1. The zero-order valence-corrected chi connectivity index (χ0v) is 18.0. The molecule has 2 fully saturated rings. The van der Waals surface area contributed by atoms with E-state index in [9.17, 15) is 18.8 Å². The van der Waals surface area contributed by atoms with Crippen molar-refractivity contribution in [2.75, 3.05) is 49.1 Å². The van der Waals surface area contributed by atoms with Crippen molar-refractivity contribution in [3.63, 3.8) is 0 Å². The summed E-state index contributed by atoms with van der Waals surface area (Å²) in [7, 11) is 3.12. The van der Waals surface area contributed by atoms with Crippen LogP contribution >= 0.6 is 0 Å². The number of rotatable bonds is 3. The SMILES string of the molecule is Cn1c(N2CCC(C(=O)N3CCN(c4ccccc4F)CC3)CC2)cc(=O)n(C)c1=O. The molecule has 2 aliphatic heterocycles. The summed E-state index contributed by atoms with van der Waals surface area (Å²) in [5.74, 6) is 0.433. The molecule has 2 aromatic rings. The number of carbonyl (C=O) groups is 1. The fourth-order valence-corrected chi connectivity index (χ4v) is 4.51.